The minimum absolute atomic E-state index is 0.125. The summed E-state index contributed by atoms with van der Waals surface area (Å²) >= 11 is 12.5. The molecule has 1 fully saturated rings. The highest BCUT2D eigenvalue weighted by atomic mass is 35.5. The predicted molar refractivity (Wildman–Crippen MR) is 121 cm³/mol. The SMILES string of the molecule is CCn1nc(C(=O)NCC2CCC(S(C)(=O)=O)CC2)c(Cl)c1-c1cnc(Cl)cc1OC. The molecule has 0 aromatic carbocycles. The largest absolute Gasteiger partial charge is 0.496 e. The maximum atomic E-state index is 12.8. The molecule has 31 heavy (non-hydrogen) atoms. The topological polar surface area (TPSA) is 103 Å². The first-order chi connectivity index (χ1) is 14.7. The van der Waals surface area contributed by atoms with Crippen molar-refractivity contribution < 1.29 is 17.9 Å². The van der Waals surface area contributed by atoms with Crippen molar-refractivity contribution in [3.05, 3.63) is 28.1 Å². The van der Waals surface area contributed by atoms with Gasteiger partial charge in [-0.2, -0.15) is 5.10 Å². The summed E-state index contributed by atoms with van der Waals surface area (Å²) in [5, 5.41) is 7.50. The average molecular weight is 489 g/mol. The number of methoxy groups -OCH3 is 1. The van der Waals surface area contributed by atoms with Crippen molar-refractivity contribution in [1.29, 1.82) is 0 Å². The summed E-state index contributed by atoms with van der Waals surface area (Å²) in [6.07, 6.45) is 5.59. The summed E-state index contributed by atoms with van der Waals surface area (Å²) in [5.74, 6) is 0.338. The monoisotopic (exact) mass is 488 g/mol. The van der Waals surface area contributed by atoms with Crippen LogP contribution in [0.15, 0.2) is 12.3 Å². The van der Waals surface area contributed by atoms with Gasteiger partial charge < -0.3 is 10.1 Å². The van der Waals surface area contributed by atoms with Crippen LogP contribution < -0.4 is 10.1 Å². The number of aromatic nitrogens is 3. The Hall–Kier alpha value is -1.84. The van der Waals surface area contributed by atoms with Crippen LogP contribution in [0.25, 0.3) is 11.3 Å². The van der Waals surface area contributed by atoms with E-state index in [4.69, 9.17) is 27.9 Å². The fourth-order valence-corrected chi connectivity index (χ4v) is 5.52. The molecule has 2 aromatic rings. The first kappa shape index (κ1) is 23.8. The number of sulfone groups is 1. The number of hydrogen-bond acceptors (Lipinski definition) is 6. The van der Waals surface area contributed by atoms with Crippen molar-refractivity contribution in [2.45, 2.75) is 44.4 Å². The molecule has 1 aliphatic rings. The number of rotatable bonds is 7. The maximum Gasteiger partial charge on any atom is 0.273 e. The lowest BCUT2D eigenvalue weighted by Gasteiger charge is -2.27. The zero-order valence-electron chi connectivity index (χ0n) is 17.7. The molecule has 170 valence electrons. The molecule has 2 heterocycles. The van der Waals surface area contributed by atoms with E-state index in [1.807, 2.05) is 6.92 Å². The number of nitrogens with one attached hydrogen (secondary N) is 1. The van der Waals surface area contributed by atoms with Gasteiger partial charge in [-0.15, -0.1) is 0 Å². The Labute approximate surface area is 192 Å². The Morgan fingerprint density at radius 1 is 1.29 bits per heavy atom. The van der Waals surface area contributed by atoms with E-state index in [1.165, 1.54) is 19.6 Å². The molecule has 1 N–H and O–H groups in total. The summed E-state index contributed by atoms with van der Waals surface area (Å²) in [6, 6.07) is 1.58. The third-order valence-corrected chi connectivity index (χ3v) is 7.91. The molecule has 0 atom stereocenters. The van der Waals surface area contributed by atoms with Gasteiger partial charge in [-0.25, -0.2) is 13.4 Å². The molecule has 0 radical (unpaired) electrons. The lowest BCUT2D eigenvalue weighted by molar-refractivity contribution is 0.0938. The van der Waals surface area contributed by atoms with Crippen LogP contribution in [0.1, 0.15) is 43.1 Å². The number of ether oxygens (including phenoxy) is 1. The molecular weight excluding hydrogens is 463 g/mol. The van der Waals surface area contributed by atoms with E-state index in [0.717, 1.165) is 12.8 Å². The van der Waals surface area contributed by atoms with Crippen LogP contribution in [-0.2, 0) is 16.4 Å². The van der Waals surface area contributed by atoms with Crippen LogP contribution in [0.2, 0.25) is 10.2 Å². The van der Waals surface area contributed by atoms with Crippen molar-refractivity contribution in [2.24, 2.45) is 5.92 Å². The molecule has 2 aromatic heterocycles. The van der Waals surface area contributed by atoms with Crippen LogP contribution in [0.4, 0.5) is 0 Å². The summed E-state index contributed by atoms with van der Waals surface area (Å²) in [5.41, 5.74) is 1.24. The molecule has 0 unspecified atom stereocenters. The quantitative estimate of drug-likeness (QED) is 0.596. The molecule has 0 aliphatic heterocycles. The van der Waals surface area contributed by atoms with Crippen molar-refractivity contribution in [3.63, 3.8) is 0 Å². The van der Waals surface area contributed by atoms with Crippen molar-refractivity contribution in [1.82, 2.24) is 20.1 Å². The molecule has 1 saturated carbocycles. The van der Waals surface area contributed by atoms with E-state index in [0.29, 0.717) is 42.9 Å². The fourth-order valence-electron chi connectivity index (χ4n) is 3.92. The molecule has 0 bridgehead atoms. The number of pyridine rings is 1. The number of halogens is 2. The lowest BCUT2D eigenvalue weighted by Crippen LogP contribution is -2.34. The minimum Gasteiger partial charge on any atom is -0.496 e. The molecule has 3 rings (SSSR count). The van der Waals surface area contributed by atoms with Gasteiger partial charge in [0.2, 0.25) is 0 Å². The van der Waals surface area contributed by atoms with Crippen LogP contribution in [0.3, 0.4) is 0 Å². The van der Waals surface area contributed by atoms with Gasteiger partial charge >= 0.3 is 0 Å². The van der Waals surface area contributed by atoms with E-state index in [-0.39, 0.29) is 32.9 Å². The Morgan fingerprint density at radius 2 is 1.97 bits per heavy atom. The highest BCUT2D eigenvalue weighted by Crippen LogP contribution is 2.37. The summed E-state index contributed by atoms with van der Waals surface area (Å²) in [4.78, 5) is 16.9. The minimum atomic E-state index is -3.01. The number of hydrogen-bond donors (Lipinski definition) is 1. The third kappa shape index (κ3) is 5.32. The van der Waals surface area contributed by atoms with Crippen LogP contribution in [0.5, 0.6) is 5.75 Å². The standard InChI is InChI=1S/C20H26Cl2N4O4S/c1-4-26-19(14-11-23-16(21)9-15(14)30-2)17(22)18(25-26)20(27)24-10-12-5-7-13(8-6-12)31(3,28)29/h9,11-13H,4-8,10H2,1-3H3,(H,24,27). The molecule has 8 nitrogen and oxygen atoms in total. The van der Waals surface area contributed by atoms with Crippen LogP contribution in [0, 0.1) is 5.92 Å². The van der Waals surface area contributed by atoms with E-state index < -0.39 is 9.84 Å². The van der Waals surface area contributed by atoms with Gasteiger partial charge in [0, 0.05) is 31.6 Å². The second-order valence-electron chi connectivity index (χ2n) is 7.72. The van der Waals surface area contributed by atoms with E-state index in [2.05, 4.69) is 15.4 Å². The van der Waals surface area contributed by atoms with E-state index in [1.54, 1.807) is 10.7 Å². The van der Waals surface area contributed by atoms with Gasteiger partial charge in [0.15, 0.2) is 5.69 Å². The smallest absolute Gasteiger partial charge is 0.273 e. The molecular formula is C20H26Cl2N4O4S. The first-order valence-electron chi connectivity index (χ1n) is 10.1. The molecule has 1 amide bonds. The second kappa shape index (κ2) is 9.75. The van der Waals surface area contributed by atoms with Crippen LogP contribution in [-0.4, -0.2) is 54.2 Å². The zero-order chi connectivity index (χ0) is 22.8. The third-order valence-electron chi connectivity index (χ3n) is 5.67. The lowest BCUT2D eigenvalue weighted by atomic mass is 9.89. The molecule has 1 aliphatic carbocycles. The Balaban J connectivity index is 1.75. The van der Waals surface area contributed by atoms with E-state index in [9.17, 15) is 13.2 Å². The first-order valence-corrected chi connectivity index (χ1v) is 12.8. The summed E-state index contributed by atoms with van der Waals surface area (Å²) in [6.45, 7) is 2.83. The Bertz CT molecular complexity index is 1060. The number of aryl methyl sites for hydroxylation is 1. The molecule has 0 saturated heterocycles. The number of nitrogens with zero attached hydrogens (tertiary/aromatic N) is 3. The van der Waals surface area contributed by atoms with Gasteiger partial charge in [-0.3, -0.25) is 9.48 Å². The van der Waals surface area contributed by atoms with Gasteiger partial charge in [-0.1, -0.05) is 23.2 Å². The van der Waals surface area contributed by atoms with Crippen molar-refractivity contribution >= 4 is 38.9 Å². The predicted octanol–water partition coefficient (Wildman–Crippen LogP) is 3.61. The van der Waals surface area contributed by atoms with Crippen molar-refractivity contribution in [3.8, 4) is 17.0 Å². The highest BCUT2D eigenvalue weighted by molar-refractivity contribution is 7.91. The summed E-state index contributed by atoms with van der Waals surface area (Å²) in [7, 11) is -1.49. The van der Waals surface area contributed by atoms with Gasteiger partial charge in [0.05, 0.1) is 28.6 Å². The van der Waals surface area contributed by atoms with Crippen molar-refractivity contribution in [2.75, 3.05) is 19.9 Å². The summed E-state index contributed by atoms with van der Waals surface area (Å²) < 4.78 is 30.4. The number of carbonyl (C=O) groups excluding carboxylic acids is 1. The maximum absolute atomic E-state index is 12.8. The fraction of sp³-hybridized carbons (Fsp3) is 0.550. The van der Waals surface area contributed by atoms with Gasteiger partial charge in [0.25, 0.3) is 5.91 Å². The number of amides is 1. The average Bonchev–Trinajstić information content (AvgIpc) is 3.07. The Morgan fingerprint density at radius 3 is 2.55 bits per heavy atom. The van der Waals surface area contributed by atoms with E-state index >= 15 is 0 Å². The molecule has 0 spiro atoms. The second-order valence-corrected chi connectivity index (χ2v) is 10.8. The van der Waals surface area contributed by atoms with Gasteiger partial charge in [-0.05, 0) is 38.5 Å². The zero-order valence-corrected chi connectivity index (χ0v) is 20.0. The highest BCUT2D eigenvalue weighted by Gasteiger charge is 2.29. The Kier molecular flexibility index (Phi) is 7.49. The normalized spacial score (nSPS) is 19.3. The molecule has 11 heteroatoms. The van der Waals surface area contributed by atoms with Crippen LogP contribution >= 0.6 is 23.2 Å². The number of carbonyl (C=O) groups is 1. The van der Waals surface area contributed by atoms with Gasteiger partial charge in [0.1, 0.15) is 20.7 Å².